The van der Waals surface area contributed by atoms with Crippen LogP contribution in [-0.4, -0.2) is 5.11 Å². The maximum absolute atomic E-state index is 9.82. The lowest BCUT2D eigenvalue weighted by molar-refractivity contribution is 0.134. The van der Waals surface area contributed by atoms with Crippen molar-refractivity contribution in [1.29, 1.82) is 0 Å². The molecule has 0 spiro atoms. The molecule has 1 aliphatic carbocycles. The Balaban J connectivity index is 2.31. The Morgan fingerprint density at radius 3 is 2.73 bits per heavy atom. The van der Waals surface area contributed by atoms with E-state index in [4.69, 9.17) is 4.42 Å². The van der Waals surface area contributed by atoms with Gasteiger partial charge < -0.3 is 9.52 Å². The molecule has 1 N–H and O–H groups in total. The van der Waals surface area contributed by atoms with E-state index >= 15 is 0 Å². The summed E-state index contributed by atoms with van der Waals surface area (Å²) in [5.74, 6) is 1.26. The van der Waals surface area contributed by atoms with Gasteiger partial charge in [-0.3, -0.25) is 0 Å². The van der Waals surface area contributed by atoms with E-state index in [2.05, 4.69) is 0 Å². The van der Waals surface area contributed by atoms with Crippen LogP contribution in [0.4, 0.5) is 0 Å². The van der Waals surface area contributed by atoms with Crippen LogP contribution in [0.25, 0.3) is 0 Å². The molecule has 1 heterocycles. The fraction of sp³-hybridized carbons (Fsp3) is 0.556. The van der Waals surface area contributed by atoms with E-state index in [1.54, 1.807) is 6.26 Å². The first-order valence-corrected chi connectivity index (χ1v) is 3.91. The maximum atomic E-state index is 9.82. The summed E-state index contributed by atoms with van der Waals surface area (Å²) in [6.45, 7) is 3.93. The predicted molar refractivity (Wildman–Crippen MR) is 41.1 cm³/mol. The van der Waals surface area contributed by atoms with E-state index in [0.717, 1.165) is 17.7 Å². The standard InChI is InChI=1S/C9H12O2/c1-6-4-9(6,10)8-3-7(2)11-5-8/h3,5-6,10H,4H2,1-2H3. The van der Waals surface area contributed by atoms with E-state index in [0.29, 0.717) is 5.92 Å². The highest BCUT2D eigenvalue weighted by molar-refractivity contribution is 5.27. The second-order valence-corrected chi connectivity index (χ2v) is 3.48. The van der Waals surface area contributed by atoms with E-state index in [9.17, 15) is 5.11 Å². The van der Waals surface area contributed by atoms with E-state index in [1.165, 1.54) is 0 Å². The Morgan fingerprint density at radius 1 is 1.73 bits per heavy atom. The lowest BCUT2D eigenvalue weighted by Crippen LogP contribution is -2.05. The molecule has 1 aromatic rings. The molecular weight excluding hydrogens is 140 g/mol. The Bertz CT molecular complexity index is 277. The molecule has 0 amide bonds. The van der Waals surface area contributed by atoms with Gasteiger partial charge in [0.05, 0.1) is 11.9 Å². The van der Waals surface area contributed by atoms with Crippen LogP contribution in [0.3, 0.4) is 0 Å². The molecule has 0 aromatic carbocycles. The Kier molecular flexibility index (Phi) is 1.19. The lowest BCUT2D eigenvalue weighted by Gasteiger charge is -2.03. The summed E-state index contributed by atoms with van der Waals surface area (Å²) in [4.78, 5) is 0. The van der Waals surface area contributed by atoms with Crippen LogP contribution in [0.2, 0.25) is 0 Å². The van der Waals surface area contributed by atoms with Crippen LogP contribution in [0, 0.1) is 12.8 Å². The van der Waals surface area contributed by atoms with Gasteiger partial charge in [0.25, 0.3) is 0 Å². The second kappa shape index (κ2) is 1.89. The average molecular weight is 152 g/mol. The molecule has 0 bridgehead atoms. The van der Waals surface area contributed by atoms with Crippen molar-refractivity contribution in [2.45, 2.75) is 25.9 Å². The van der Waals surface area contributed by atoms with Crippen molar-refractivity contribution in [2.75, 3.05) is 0 Å². The molecule has 1 saturated carbocycles. The molecule has 1 aliphatic rings. The van der Waals surface area contributed by atoms with E-state index < -0.39 is 5.60 Å². The second-order valence-electron chi connectivity index (χ2n) is 3.48. The topological polar surface area (TPSA) is 33.4 Å². The summed E-state index contributed by atoms with van der Waals surface area (Å²) in [6, 6.07) is 1.91. The normalized spacial score (nSPS) is 35.7. The highest BCUT2D eigenvalue weighted by Gasteiger charge is 2.51. The minimum absolute atomic E-state index is 0.388. The van der Waals surface area contributed by atoms with Crippen LogP contribution >= 0.6 is 0 Å². The van der Waals surface area contributed by atoms with Crippen LogP contribution in [0.15, 0.2) is 16.7 Å². The molecule has 0 saturated heterocycles. The molecule has 0 radical (unpaired) electrons. The highest BCUT2D eigenvalue weighted by Crippen LogP contribution is 2.51. The zero-order valence-corrected chi connectivity index (χ0v) is 6.79. The van der Waals surface area contributed by atoms with Gasteiger partial charge in [0.1, 0.15) is 5.76 Å². The molecule has 2 unspecified atom stereocenters. The third-order valence-electron chi connectivity index (χ3n) is 2.50. The summed E-state index contributed by atoms with van der Waals surface area (Å²) in [7, 11) is 0. The van der Waals surface area contributed by atoms with Gasteiger partial charge in [0.2, 0.25) is 0 Å². The summed E-state index contributed by atoms with van der Waals surface area (Å²) in [6.07, 6.45) is 2.52. The molecule has 2 nitrogen and oxygen atoms in total. The number of aryl methyl sites for hydroxylation is 1. The van der Waals surface area contributed by atoms with Crippen molar-refractivity contribution >= 4 is 0 Å². The summed E-state index contributed by atoms with van der Waals surface area (Å²) >= 11 is 0. The maximum Gasteiger partial charge on any atom is 0.101 e. The minimum atomic E-state index is -0.572. The van der Waals surface area contributed by atoms with E-state index in [1.807, 2.05) is 19.9 Å². The van der Waals surface area contributed by atoms with Crippen molar-refractivity contribution in [3.63, 3.8) is 0 Å². The number of hydrogen-bond acceptors (Lipinski definition) is 2. The number of aliphatic hydroxyl groups is 1. The molecular formula is C9H12O2. The predicted octanol–water partition coefficient (Wildman–Crippen LogP) is 1.82. The van der Waals surface area contributed by atoms with Gasteiger partial charge in [-0.1, -0.05) is 6.92 Å². The average Bonchev–Trinajstić information content (AvgIpc) is 2.44. The zero-order chi connectivity index (χ0) is 8.06. The Hall–Kier alpha value is -0.760. The Morgan fingerprint density at radius 2 is 2.36 bits per heavy atom. The molecule has 11 heavy (non-hydrogen) atoms. The van der Waals surface area contributed by atoms with Gasteiger partial charge in [-0.05, 0) is 25.3 Å². The van der Waals surface area contributed by atoms with Gasteiger partial charge in [-0.15, -0.1) is 0 Å². The molecule has 2 rings (SSSR count). The first kappa shape index (κ1) is 6.92. The third kappa shape index (κ3) is 0.897. The van der Waals surface area contributed by atoms with Gasteiger partial charge in [0, 0.05) is 5.56 Å². The monoisotopic (exact) mass is 152 g/mol. The van der Waals surface area contributed by atoms with Gasteiger partial charge in [0.15, 0.2) is 0 Å². The van der Waals surface area contributed by atoms with Crippen molar-refractivity contribution in [3.05, 3.63) is 23.7 Å². The van der Waals surface area contributed by atoms with E-state index in [-0.39, 0.29) is 0 Å². The largest absolute Gasteiger partial charge is 0.469 e. The van der Waals surface area contributed by atoms with Crippen LogP contribution in [-0.2, 0) is 5.60 Å². The molecule has 0 aliphatic heterocycles. The Labute approximate surface area is 65.8 Å². The van der Waals surface area contributed by atoms with Crippen molar-refractivity contribution < 1.29 is 9.52 Å². The van der Waals surface area contributed by atoms with Gasteiger partial charge in [-0.2, -0.15) is 0 Å². The van der Waals surface area contributed by atoms with Crippen LogP contribution in [0.5, 0.6) is 0 Å². The van der Waals surface area contributed by atoms with Gasteiger partial charge >= 0.3 is 0 Å². The SMILES string of the molecule is Cc1cc(C2(O)CC2C)co1. The molecule has 2 heteroatoms. The highest BCUT2D eigenvalue weighted by atomic mass is 16.3. The third-order valence-corrected chi connectivity index (χ3v) is 2.50. The number of rotatable bonds is 1. The first-order valence-electron chi connectivity index (χ1n) is 3.91. The molecule has 60 valence electrons. The van der Waals surface area contributed by atoms with Crippen LogP contribution in [0.1, 0.15) is 24.7 Å². The quantitative estimate of drug-likeness (QED) is 0.665. The smallest absolute Gasteiger partial charge is 0.101 e. The molecule has 1 aromatic heterocycles. The van der Waals surface area contributed by atoms with Crippen molar-refractivity contribution in [1.82, 2.24) is 0 Å². The summed E-state index contributed by atoms with van der Waals surface area (Å²) < 4.78 is 5.12. The summed E-state index contributed by atoms with van der Waals surface area (Å²) in [5, 5.41) is 9.82. The minimum Gasteiger partial charge on any atom is -0.469 e. The van der Waals surface area contributed by atoms with Crippen molar-refractivity contribution in [2.24, 2.45) is 5.92 Å². The van der Waals surface area contributed by atoms with Crippen LogP contribution < -0.4 is 0 Å². The fourth-order valence-electron chi connectivity index (χ4n) is 1.48. The molecule has 2 atom stereocenters. The first-order chi connectivity index (χ1) is 5.13. The summed E-state index contributed by atoms with van der Waals surface area (Å²) in [5.41, 5.74) is 0.361. The van der Waals surface area contributed by atoms with Crippen molar-refractivity contribution in [3.8, 4) is 0 Å². The lowest BCUT2D eigenvalue weighted by atomic mass is 10.1. The van der Waals surface area contributed by atoms with Gasteiger partial charge in [-0.25, -0.2) is 0 Å². The number of furan rings is 1. The molecule has 1 fully saturated rings. The zero-order valence-electron chi connectivity index (χ0n) is 6.79. The fourth-order valence-corrected chi connectivity index (χ4v) is 1.48. The number of hydrogen-bond donors (Lipinski definition) is 1.